The van der Waals surface area contributed by atoms with E-state index in [0.717, 1.165) is 0 Å². The summed E-state index contributed by atoms with van der Waals surface area (Å²) in [5, 5.41) is 8.73. The Balaban J connectivity index is 2.46. The van der Waals surface area contributed by atoms with Crippen LogP contribution in [0.2, 0.25) is 0 Å². The standard InChI is InChI=1S/C9H6N4O2/c14-9(15)8-1-7(12-5-13-8)6-2-10-4-11-3-6/h1-5H,(H,14,15). The van der Waals surface area contributed by atoms with Gasteiger partial charge in [-0.25, -0.2) is 24.7 Å². The van der Waals surface area contributed by atoms with Gasteiger partial charge in [0.2, 0.25) is 0 Å². The first kappa shape index (κ1) is 9.20. The molecule has 0 radical (unpaired) electrons. The fourth-order valence-corrected chi connectivity index (χ4v) is 1.06. The van der Waals surface area contributed by atoms with Gasteiger partial charge in [-0.1, -0.05) is 0 Å². The molecule has 0 aliphatic heterocycles. The van der Waals surface area contributed by atoms with E-state index < -0.39 is 5.97 Å². The fraction of sp³-hybridized carbons (Fsp3) is 0. The summed E-state index contributed by atoms with van der Waals surface area (Å²) >= 11 is 0. The van der Waals surface area contributed by atoms with E-state index >= 15 is 0 Å². The van der Waals surface area contributed by atoms with Gasteiger partial charge in [0.05, 0.1) is 5.69 Å². The summed E-state index contributed by atoms with van der Waals surface area (Å²) in [6.45, 7) is 0. The molecule has 0 unspecified atom stereocenters. The molecule has 0 saturated heterocycles. The number of rotatable bonds is 2. The van der Waals surface area contributed by atoms with Crippen LogP contribution in [0.3, 0.4) is 0 Å². The zero-order chi connectivity index (χ0) is 10.7. The molecule has 0 bridgehead atoms. The van der Waals surface area contributed by atoms with Crippen molar-refractivity contribution in [2.45, 2.75) is 0 Å². The Kier molecular flexibility index (Phi) is 2.32. The molecular formula is C9H6N4O2. The largest absolute Gasteiger partial charge is 0.477 e. The van der Waals surface area contributed by atoms with E-state index in [-0.39, 0.29) is 5.69 Å². The molecule has 2 rings (SSSR count). The first-order chi connectivity index (χ1) is 7.27. The summed E-state index contributed by atoms with van der Waals surface area (Å²) < 4.78 is 0. The second kappa shape index (κ2) is 3.79. The Morgan fingerprint density at radius 1 is 1.13 bits per heavy atom. The summed E-state index contributed by atoms with van der Waals surface area (Å²) in [6.07, 6.45) is 5.70. The first-order valence-corrected chi connectivity index (χ1v) is 4.08. The molecule has 2 aromatic heterocycles. The van der Waals surface area contributed by atoms with Gasteiger partial charge in [-0.15, -0.1) is 0 Å². The highest BCUT2D eigenvalue weighted by Gasteiger charge is 2.07. The molecule has 0 fully saturated rings. The second-order valence-electron chi connectivity index (χ2n) is 2.72. The lowest BCUT2D eigenvalue weighted by atomic mass is 10.2. The molecule has 2 aromatic rings. The molecule has 2 heterocycles. The van der Waals surface area contributed by atoms with Gasteiger partial charge in [-0.05, 0) is 6.07 Å². The smallest absolute Gasteiger partial charge is 0.354 e. The number of carboxylic acids is 1. The minimum absolute atomic E-state index is 0.0520. The van der Waals surface area contributed by atoms with Crippen LogP contribution in [-0.4, -0.2) is 31.0 Å². The van der Waals surface area contributed by atoms with Crippen molar-refractivity contribution >= 4 is 5.97 Å². The van der Waals surface area contributed by atoms with Gasteiger partial charge in [-0.3, -0.25) is 0 Å². The van der Waals surface area contributed by atoms with E-state index in [2.05, 4.69) is 19.9 Å². The third-order valence-corrected chi connectivity index (χ3v) is 1.74. The Morgan fingerprint density at radius 2 is 1.87 bits per heavy atom. The molecular weight excluding hydrogens is 196 g/mol. The van der Waals surface area contributed by atoms with Gasteiger partial charge in [-0.2, -0.15) is 0 Å². The summed E-state index contributed by atoms with van der Waals surface area (Å²) in [5.41, 5.74) is 1.09. The van der Waals surface area contributed by atoms with Crippen molar-refractivity contribution in [1.29, 1.82) is 0 Å². The van der Waals surface area contributed by atoms with E-state index in [1.54, 1.807) is 12.4 Å². The molecule has 0 atom stereocenters. The van der Waals surface area contributed by atoms with Gasteiger partial charge >= 0.3 is 5.97 Å². The van der Waals surface area contributed by atoms with Crippen molar-refractivity contribution in [3.63, 3.8) is 0 Å². The number of hydrogen-bond donors (Lipinski definition) is 1. The summed E-state index contributed by atoms with van der Waals surface area (Å²) in [6, 6.07) is 1.38. The van der Waals surface area contributed by atoms with E-state index in [4.69, 9.17) is 5.11 Å². The van der Waals surface area contributed by atoms with E-state index in [1.807, 2.05) is 0 Å². The lowest BCUT2D eigenvalue weighted by molar-refractivity contribution is 0.0690. The molecule has 1 N–H and O–H groups in total. The van der Waals surface area contributed by atoms with Crippen LogP contribution in [0.5, 0.6) is 0 Å². The van der Waals surface area contributed by atoms with Crippen LogP contribution in [0.4, 0.5) is 0 Å². The number of nitrogens with zero attached hydrogens (tertiary/aromatic N) is 4. The van der Waals surface area contributed by atoms with Crippen LogP contribution in [-0.2, 0) is 0 Å². The lowest BCUT2D eigenvalue weighted by Gasteiger charge is -1.99. The number of aromatic carboxylic acids is 1. The third kappa shape index (κ3) is 1.93. The van der Waals surface area contributed by atoms with Crippen LogP contribution >= 0.6 is 0 Å². The topological polar surface area (TPSA) is 88.9 Å². The highest BCUT2D eigenvalue weighted by Crippen LogP contribution is 2.13. The van der Waals surface area contributed by atoms with E-state index in [0.29, 0.717) is 11.3 Å². The maximum atomic E-state index is 10.7. The minimum Gasteiger partial charge on any atom is -0.477 e. The van der Waals surface area contributed by atoms with Crippen LogP contribution in [0.15, 0.2) is 31.1 Å². The molecule has 0 aliphatic carbocycles. The van der Waals surface area contributed by atoms with E-state index in [9.17, 15) is 4.79 Å². The van der Waals surface area contributed by atoms with Crippen molar-refractivity contribution in [2.75, 3.05) is 0 Å². The SMILES string of the molecule is O=C(O)c1cc(-c2cncnc2)ncn1. The molecule has 0 spiro atoms. The number of aromatic nitrogens is 4. The zero-order valence-electron chi connectivity index (χ0n) is 7.53. The maximum Gasteiger partial charge on any atom is 0.354 e. The first-order valence-electron chi connectivity index (χ1n) is 4.08. The van der Waals surface area contributed by atoms with E-state index in [1.165, 1.54) is 18.7 Å². The monoisotopic (exact) mass is 202 g/mol. The highest BCUT2D eigenvalue weighted by atomic mass is 16.4. The number of carbonyl (C=O) groups is 1. The van der Waals surface area contributed by atoms with Crippen LogP contribution in [0.1, 0.15) is 10.5 Å². The number of carboxylic acid groups (broad SMARTS) is 1. The molecule has 0 amide bonds. The Hall–Kier alpha value is -2.37. The van der Waals surface area contributed by atoms with Crippen LogP contribution in [0.25, 0.3) is 11.3 Å². The fourth-order valence-electron chi connectivity index (χ4n) is 1.06. The molecule has 6 nitrogen and oxygen atoms in total. The van der Waals surface area contributed by atoms with Crippen molar-refractivity contribution in [3.8, 4) is 11.3 Å². The molecule has 0 aromatic carbocycles. The Labute approximate surface area is 84.7 Å². The average molecular weight is 202 g/mol. The summed E-state index contributed by atoms with van der Waals surface area (Å²) in [4.78, 5) is 25.8. The summed E-state index contributed by atoms with van der Waals surface area (Å²) in [5.74, 6) is -1.09. The van der Waals surface area contributed by atoms with Crippen molar-refractivity contribution in [2.24, 2.45) is 0 Å². The summed E-state index contributed by atoms with van der Waals surface area (Å²) in [7, 11) is 0. The predicted molar refractivity (Wildman–Crippen MR) is 50.0 cm³/mol. The van der Waals surface area contributed by atoms with Crippen LogP contribution in [0, 0.1) is 0 Å². The number of hydrogen-bond acceptors (Lipinski definition) is 5. The molecule has 15 heavy (non-hydrogen) atoms. The molecule has 6 heteroatoms. The van der Waals surface area contributed by atoms with Gasteiger partial charge in [0.1, 0.15) is 12.7 Å². The highest BCUT2D eigenvalue weighted by molar-refractivity contribution is 5.86. The normalized spacial score (nSPS) is 9.87. The molecule has 74 valence electrons. The minimum atomic E-state index is -1.09. The van der Waals surface area contributed by atoms with Gasteiger partial charge in [0.25, 0.3) is 0 Å². The van der Waals surface area contributed by atoms with Gasteiger partial charge in [0.15, 0.2) is 5.69 Å². The second-order valence-corrected chi connectivity index (χ2v) is 2.72. The maximum absolute atomic E-state index is 10.7. The van der Waals surface area contributed by atoms with Crippen molar-refractivity contribution < 1.29 is 9.90 Å². The molecule has 0 saturated carbocycles. The van der Waals surface area contributed by atoms with Gasteiger partial charge < -0.3 is 5.11 Å². The van der Waals surface area contributed by atoms with Crippen molar-refractivity contribution in [3.05, 3.63) is 36.8 Å². The van der Waals surface area contributed by atoms with Crippen LogP contribution < -0.4 is 0 Å². The molecule has 0 aliphatic rings. The Bertz CT molecular complexity index is 486. The lowest BCUT2D eigenvalue weighted by Crippen LogP contribution is -2.01. The van der Waals surface area contributed by atoms with Crippen molar-refractivity contribution in [1.82, 2.24) is 19.9 Å². The quantitative estimate of drug-likeness (QED) is 0.768. The third-order valence-electron chi connectivity index (χ3n) is 1.74. The van der Waals surface area contributed by atoms with Gasteiger partial charge in [0, 0.05) is 18.0 Å². The average Bonchev–Trinajstić information content (AvgIpc) is 2.30. The Morgan fingerprint density at radius 3 is 2.53 bits per heavy atom. The predicted octanol–water partition coefficient (Wildman–Crippen LogP) is 0.632. The zero-order valence-corrected chi connectivity index (χ0v) is 7.53.